The van der Waals surface area contributed by atoms with E-state index in [1.165, 1.54) is 0 Å². The molecule has 0 bridgehead atoms. The van der Waals surface area contributed by atoms with E-state index < -0.39 is 0 Å². The number of fused-ring (bicyclic) bond motifs is 2. The van der Waals surface area contributed by atoms with Crippen molar-refractivity contribution >= 4 is 39.0 Å². The Morgan fingerprint density at radius 3 is 3.12 bits per heavy atom. The van der Waals surface area contributed by atoms with Crippen molar-refractivity contribution in [2.75, 3.05) is 29.9 Å². The molecule has 0 fully saturated rings. The maximum atomic E-state index is 12.1. The van der Waals surface area contributed by atoms with Crippen LogP contribution in [0.15, 0.2) is 42.0 Å². The highest BCUT2D eigenvalue weighted by Crippen LogP contribution is 2.31. The van der Waals surface area contributed by atoms with Crippen molar-refractivity contribution in [3.63, 3.8) is 0 Å². The van der Waals surface area contributed by atoms with Crippen molar-refractivity contribution in [2.24, 2.45) is 0 Å². The van der Waals surface area contributed by atoms with Crippen molar-refractivity contribution in [3.8, 4) is 5.75 Å². The van der Waals surface area contributed by atoms with Gasteiger partial charge in [0.2, 0.25) is 0 Å². The standard InChI is InChI=1S/C17H16N4O2S/c22-15-10-23-14-5-2-1-4-13(14)21(15)8-3-7-18-16-12-6-9-24-17(12)20-11-19-16/h1-2,4-6,9,11H,3,7-8,10H2,(H,18,19,20). The van der Waals surface area contributed by atoms with Gasteiger partial charge in [-0.05, 0) is 30.0 Å². The van der Waals surface area contributed by atoms with Gasteiger partial charge in [0.1, 0.15) is 22.7 Å². The third-order valence-corrected chi connectivity index (χ3v) is 4.74. The van der Waals surface area contributed by atoms with E-state index in [9.17, 15) is 4.79 Å². The van der Waals surface area contributed by atoms with Crippen LogP contribution in [-0.4, -0.2) is 35.6 Å². The largest absolute Gasteiger partial charge is 0.482 e. The minimum atomic E-state index is -0.00374. The van der Waals surface area contributed by atoms with Crippen LogP contribution >= 0.6 is 11.3 Å². The van der Waals surface area contributed by atoms with Crippen LogP contribution in [0.5, 0.6) is 5.75 Å². The Balaban J connectivity index is 1.39. The predicted molar refractivity (Wildman–Crippen MR) is 94.8 cm³/mol. The quantitative estimate of drug-likeness (QED) is 0.723. The lowest BCUT2D eigenvalue weighted by molar-refractivity contribution is -0.121. The summed E-state index contributed by atoms with van der Waals surface area (Å²) in [6.45, 7) is 1.48. The second-order valence-corrected chi connectivity index (χ2v) is 6.34. The van der Waals surface area contributed by atoms with Gasteiger partial charge in [0, 0.05) is 13.1 Å². The number of hydrogen-bond donors (Lipinski definition) is 1. The molecule has 4 rings (SSSR count). The average molecular weight is 340 g/mol. The van der Waals surface area contributed by atoms with Crippen molar-refractivity contribution in [1.82, 2.24) is 9.97 Å². The number of rotatable bonds is 5. The molecule has 0 atom stereocenters. The molecule has 1 aromatic carbocycles. The van der Waals surface area contributed by atoms with E-state index in [0.29, 0.717) is 6.54 Å². The average Bonchev–Trinajstić information content (AvgIpc) is 3.09. The number of carbonyl (C=O) groups is 1. The first-order valence-electron chi connectivity index (χ1n) is 7.77. The number of para-hydroxylation sites is 2. The third kappa shape index (κ3) is 2.78. The molecule has 1 amide bonds. The van der Waals surface area contributed by atoms with E-state index in [2.05, 4.69) is 15.3 Å². The van der Waals surface area contributed by atoms with Gasteiger partial charge in [0.25, 0.3) is 5.91 Å². The summed E-state index contributed by atoms with van der Waals surface area (Å²) in [5.41, 5.74) is 0.844. The van der Waals surface area contributed by atoms with Crippen LogP contribution in [0.4, 0.5) is 11.5 Å². The Morgan fingerprint density at radius 1 is 1.25 bits per heavy atom. The highest BCUT2D eigenvalue weighted by Gasteiger charge is 2.24. The summed E-state index contributed by atoms with van der Waals surface area (Å²) in [5.74, 6) is 1.60. The molecule has 0 saturated carbocycles. The number of nitrogens with one attached hydrogen (secondary N) is 1. The Morgan fingerprint density at radius 2 is 2.17 bits per heavy atom. The van der Waals surface area contributed by atoms with Crippen LogP contribution in [0.2, 0.25) is 0 Å². The van der Waals surface area contributed by atoms with E-state index in [-0.39, 0.29) is 12.5 Å². The zero-order valence-corrected chi connectivity index (χ0v) is 13.8. The van der Waals surface area contributed by atoms with E-state index in [0.717, 1.165) is 40.4 Å². The Labute approximate surface area is 143 Å². The lowest BCUT2D eigenvalue weighted by Gasteiger charge is -2.29. The minimum absolute atomic E-state index is 0.00374. The second-order valence-electron chi connectivity index (χ2n) is 5.44. The van der Waals surface area contributed by atoms with E-state index in [4.69, 9.17) is 4.74 Å². The first kappa shape index (κ1) is 14.9. The van der Waals surface area contributed by atoms with Crippen LogP contribution in [0.25, 0.3) is 10.2 Å². The fourth-order valence-corrected chi connectivity index (χ4v) is 3.51. The number of amides is 1. The molecule has 0 saturated heterocycles. The lowest BCUT2D eigenvalue weighted by atomic mass is 10.2. The molecule has 0 aliphatic carbocycles. The number of aromatic nitrogens is 2. The monoisotopic (exact) mass is 340 g/mol. The van der Waals surface area contributed by atoms with E-state index in [1.54, 1.807) is 22.6 Å². The van der Waals surface area contributed by atoms with Crippen molar-refractivity contribution < 1.29 is 9.53 Å². The van der Waals surface area contributed by atoms with E-state index in [1.807, 2.05) is 35.7 Å². The lowest BCUT2D eigenvalue weighted by Crippen LogP contribution is -2.39. The first-order valence-corrected chi connectivity index (χ1v) is 8.65. The minimum Gasteiger partial charge on any atom is -0.482 e. The SMILES string of the molecule is O=C1COc2ccccc2N1CCCNc1ncnc2sccc12. The van der Waals surface area contributed by atoms with Crippen molar-refractivity contribution in [1.29, 1.82) is 0 Å². The molecular weight excluding hydrogens is 324 g/mol. The molecule has 1 aliphatic heterocycles. The van der Waals surface area contributed by atoms with Crippen molar-refractivity contribution in [2.45, 2.75) is 6.42 Å². The molecule has 24 heavy (non-hydrogen) atoms. The number of anilines is 2. The molecule has 3 heterocycles. The summed E-state index contributed by atoms with van der Waals surface area (Å²) in [6, 6.07) is 9.65. The van der Waals surface area contributed by atoms with Gasteiger partial charge in [-0.2, -0.15) is 0 Å². The number of nitrogens with zero attached hydrogens (tertiary/aromatic N) is 3. The summed E-state index contributed by atoms with van der Waals surface area (Å²) in [7, 11) is 0. The number of thiophene rings is 1. The zero-order valence-electron chi connectivity index (χ0n) is 12.9. The molecule has 122 valence electrons. The molecule has 1 aliphatic rings. The Hall–Kier alpha value is -2.67. The molecule has 1 N–H and O–H groups in total. The number of carbonyl (C=O) groups excluding carboxylic acids is 1. The topological polar surface area (TPSA) is 67.3 Å². The molecule has 3 aromatic rings. The van der Waals surface area contributed by atoms with Gasteiger partial charge in [0.15, 0.2) is 6.61 Å². The Bertz CT molecular complexity index is 880. The maximum absolute atomic E-state index is 12.1. The molecule has 0 radical (unpaired) electrons. The van der Waals surface area contributed by atoms with Crippen LogP contribution in [0, 0.1) is 0 Å². The van der Waals surface area contributed by atoms with Gasteiger partial charge in [-0.1, -0.05) is 12.1 Å². The van der Waals surface area contributed by atoms with Crippen LogP contribution in [0.3, 0.4) is 0 Å². The summed E-state index contributed by atoms with van der Waals surface area (Å²) in [6.07, 6.45) is 2.39. The summed E-state index contributed by atoms with van der Waals surface area (Å²) in [4.78, 5) is 23.4. The smallest absolute Gasteiger partial charge is 0.265 e. The maximum Gasteiger partial charge on any atom is 0.265 e. The number of ether oxygens (including phenoxy) is 1. The van der Waals surface area contributed by atoms with Gasteiger partial charge < -0.3 is 15.0 Å². The van der Waals surface area contributed by atoms with Crippen LogP contribution in [0.1, 0.15) is 6.42 Å². The van der Waals surface area contributed by atoms with Gasteiger partial charge in [-0.25, -0.2) is 9.97 Å². The molecular formula is C17H16N4O2S. The highest BCUT2D eigenvalue weighted by molar-refractivity contribution is 7.16. The fraction of sp³-hybridized carbons (Fsp3) is 0.235. The first-order chi connectivity index (χ1) is 11.8. The van der Waals surface area contributed by atoms with Gasteiger partial charge in [-0.3, -0.25) is 4.79 Å². The number of hydrogen-bond acceptors (Lipinski definition) is 6. The number of benzene rings is 1. The second kappa shape index (κ2) is 6.45. The van der Waals surface area contributed by atoms with Gasteiger partial charge in [-0.15, -0.1) is 11.3 Å². The summed E-state index contributed by atoms with van der Waals surface area (Å²) >= 11 is 1.60. The predicted octanol–water partition coefficient (Wildman–Crippen LogP) is 2.92. The van der Waals surface area contributed by atoms with E-state index >= 15 is 0 Å². The third-order valence-electron chi connectivity index (χ3n) is 3.92. The van der Waals surface area contributed by atoms with Crippen molar-refractivity contribution in [3.05, 3.63) is 42.0 Å². The summed E-state index contributed by atoms with van der Waals surface area (Å²) in [5, 5.41) is 6.38. The molecule has 0 spiro atoms. The zero-order chi connectivity index (χ0) is 16.4. The van der Waals surface area contributed by atoms with Crippen LogP contribution in [-0.2, 0) is 4.79 Å². The molecule has 2 aromatic heterocycles. The highest BCUT2D eigenvalue weighted by atomic mass is 32.1. The molecule has 6 nitrogen and oxygen atoms in total. The molecule has 0 unspecified atom stereocenters. The fourth-order valence-electron chi connectivity index (χ4n) is 2.77. The van der Waals surface area contributed by atoms with Gasteiger partial charge in [0.05, 0.1) is 11.1 Å². The normalized spacial score (nSPS) is 13.7. The van der Waals surface area contributed by atoms with Crippen LogP contribution < -0.4 is 15.0 Å². The van der Waals surface area contributed by atoms with Gasteiger partial charge >= 0.3 is 0 Å². The molecule has 7 heteroatoms. The Kier molecular flexibility index (Phi) is 4.00. The summed E-state index contributed by atoms with van der Waals surface area (Å²) < 4.78 is 5.46.